The smallest absolute Gasteiger partial charge is 0.317 e. The number of methoxy groups -OCH3 is 2. The maximum Gasteiger partial charge on any atom is 0.317 e. The Morgan fingerprint density at radius 2 is 2.14 bits per heavy atom. The molecular weight excluding hydrogens is 356 g/mol. The van der Waals surface area contributed by atoms with Gasteiger partial charge in [-0.15, -0.1) is 0 Å². The predicted octanol–water partition coefficient (Wildman–Crippen LogP) is 2.28. The number of hydrogen-bond donors (Lipinski definition) is 2. The molecule has 0 saturated carbocycles. The Bertz CT molecular complexity index is 606. The first-order valence-corrected chi connectivity index (χ1v) is 7.35. The SMILES string of the molecule is C=C1NC(=S)N[C@@H](c2cc(OC)ccc2Br)[C@@H]1C(=O)OC. The molecule has 1 saturated heterocycles. The zero-order valence-electron chi connectivity index (χ0n) is 11.6. The van der Waals surface area contributed by atoms with E-state index < -0.39 is 5.92 Å². The lowest BCUT2D eigenvalue weighted by Gasteiger charge is -2.35. The van der Waals surface area contributed by atoms with E-state index in [1.807, 2.05) is 18.2 Å². The van der Waals surface area contributed by atoms with Crippen molar-refractivity contribution in [1.82, 2.24) is 10.6 Å². The quantitative estimate of drug-likeness (QED) is 0.628. The summed E-state index contributed by atoms with van der Waals surface area (Å²) >= 11 is 8.65. The molecule has 0 radical (unpaired) electrons. The summed E-state index contributed by atoms with van der Waals surface area (Å²) < 4.78 is 11.0. The monoisotopic (exact) mass is 370 g/mol. The molecule has 0 spiro atoms. The van der Waals surface area contributed by atoms with Crippen molar-refractivity contribution in [3.8, 4) is 5.75 Å². The maximum atomic E-state index is 12.1. The molecule has 1 aromatic rings. The van der Waals surface area contributed by atoms with Crippen LogP contribution in [0.3, 0.4) is 0 Å². The number of carbonyl (C=O) groups excluding carboxylic acids is 1. The Morgan fingerprint density at radius 3 is 2.76 bits per heavy atom. The van der Waals surface area contributed by atoms with Gasteiger partial charge in [-0.25, -0.2) is 0 Å². The van der Waals surface area contributed by atoms with E-state index in [-0.39, 0.29) is 12.0 Å². The Morgan fingerprint density at radius 1 is 1.43 bits per heavy atom. The van der Waals surface area contributed by atoms with Crippen molar-refractivity contribution in [2.75, 3.05) is 14.2 Å². The highest BCUT2D eigenvalue weighted by Gasteiger charge is 2.38. The lowest BCUT2D eigenvalue weighted by molar-refractivity contribution is -0.145. The number of nitrogens with one attached hydrogen (secondary N) is 2. The zero-order chi connectivity index (χ0) is 15.6. The summed E-state index contributed by atoms with van der Waals surface area (Å²) in [6.45, 7) is 3.88. The van der Waals surface area contributed by atoms with Crippen LogP contribution in [0.1, 0.15) is 11.6 Å². The molecule has 1 aliphatic heterocycles. The van der Waals surface area contributed by atoms with Crippen LogP contribution in [0, 0.1) is 5.92 Å². The van der Waals surface area contributed by atoms with Crippen LogP contribution in [0.15, 0.2) is 34.9 Å². The third-order valence-corrected chi connectivity index (χ3v) is 4.20. The zero-order valence-corrected chi connectivity index (χ0v) is 14.0. The van der Waals surface area contributed by atoms with Gasteiger partial charge in [-0.2, -0.15) is 0 Å². The fraction of sp³-hybridized carbons (Fsp3) is 0.286. The van der Waals surface area contributed by atoms with Crippen molar-refractivity contribution >= 4 is 39.2 Å². The van der Waals surface area contributed by atoms with Crippen LogP contribution in [0.5, 0.6) is 5.75 Å². The Kier molecular flexibility index (Phi) is 4.84. The van der Waals surface area contributed by atoms with E-state index in [1.54, 1.807) is 7.11 Å². The molecule has 21 heavy (non-hydrogen) atoms. The summed E-state index contributed by atoms with van der Waals surface area (Å²) in [5.41, 5.74) is 1.35. The van der Waals surface area contributed by atoms with Crippen molar-refractivity contribution in [2.24, 2.45) is 5.92 Å². The van der Waals surface area contributed by atoms with E-state index in [9.17, 15) is 4.79 Å². The molecule has 1 aromatic carbocycles. The van der Waals surface area contributed by atoms with Crippen molar-refractivity contribution in [3.05, 3.63) is 40.5 Å². The van der Waals surface area contributed by atoms with Crippen LogP contribution in [0.4, 0.5) is 0 Å². The highest BCUT2D eigenvalue weighted by Crippen LogP contribution is 2.36. The molecule has 7 heteroatoms. The number of thiocarbonyl (C=S) groups is 1. The summed E-state index contributed by atoms with van der Waals surface area (Å²) in [5.74, 6) is -0.291. The Hall–Kier alpha value is -1.60. The van der Waals surface area contributed by atoms with Gasteiger partial charge < -0.3 is 20.1 Å². The van der Waals surface area contributed by atoms with Crippen molar-refractivity contribution in [1.29, 1.82) is 0 Å². The average molecular weight is 371 g/mol. The van der Waals surface area contributed by atoms with Crippen molar-refractivity contribution in [2.45, 2.75) is 6.04 Å². The van der Waals surface area contributed by atoms with Gasteiger partial charge in [-0.3, -0.25) is 4.79 Å². The predicted molar refractivity (Wildman–Crippen MR) is 87.0 cm³/mol. The molecule has 0 bridgehead atoms. The third-order valence-electron chi connectivity index (χ3n) is 3.26. The summed E-state index contributed by atoms with van der Waals surface area (Å²) in [5, 5.41) is 6.38. The minimum Gasteiger partial charge on any atom is -0.497 e. The number of esters is 1. The Labute approximate surface area is 136 Å². The number of carbonyl (C=O) groups is 1. The number of rotatable bonds is 3. The molecule has 5 nitrogen and oxygen atoms in total. The minimum absolute atomic E-state index is 0.386. The summed E-state index contributed by atoms with van der Waals surface area (Å²) in [7, 11) is 2.93. The van der Waals surface area contributed by atoms with Gasteiger partial charge in [-0.05, 0) is 36.0 Å². The van der Waals surface area contributed by atoms with Gasteiger partial charge >= 0.3 is 5.97 Å². The van der Waals surface area contributed by atoms with Crippen LogP contribution >= 0.6 is 28.1 Å². The van der Waals surface area contributed by atoms with Crippen molar-refractivity contribution in [3.63, 3.8) is 0 Å². The topological polar surface area (TPSA) is 59.6 Å². The fourth-order valence-electron chi connectivity index (χ4n) is 2.24. The number of hydrogen-bond acceptors (Lipinski definition) is 4. The average Bonchev–Trinajstić information content (AvgIpc) is 2.46. The molecule has 2 N–H and O–H groups in total. The number of halogens is 1. The standard InChI is InChI=1S/C14H15BrN2O3S/c1-7-11(13(18)20-3)12(17-14(21)16-7)9-6-8(19-2)4-5-10(9)15/h4-6,11-12H,1H2,2-3H3,(H2,16,17,21)/t11-,12+/m1/s1. The maximum absolute atomic E-state index is 12.1. The van der Waals surface area contributed by atoms with Gasteiger partial charge in [-0.1, -0.05) is 22.5 Å². The van der Waals surface area contributed by atoms with Crippen LogP contribution in [0.2, 0.25) is 0 Å². The molecule has 1 heterocycles. The molecule has 2 atom stereocenters. The lowest BCUT2D eigenvalue weighted by atomic mass is 9.89. The van der Waals surface area contributed by atoms with Gasteiger partial charge in [0.25, 0.3) is 0 Å². The summed E-state index contributed by atoms with van der Waals surface area (Å²) in [4.78, 5) is 12.1. The molecule has 0 aromatic heterocycles. The third kappa shape index (κ3) is 3.19. The molecular formula is C14H15BrN2O3S. The first-order chi connectivity index (χ1) is 9.97. The van der Waals surface area contributed by atoms with Crippen LogP contribution in [0.25, 0.3) is 0 Å². The molecule has 2 rings (SSSR count). The highest BCUT2D eigenvalue weighted by atomic mass is 79.9. The van der Waals surface area contributed by atoms with Crippen LogP contribution < -0.4 is 15.4 Å². The summed E-state index contributed by atoms with van der Waals surface area (Å²) in [6, 6.07) is 5.15. The second kappa shape index (κ2) is 6.44. The highest BCUT2D eigenvalue weighted by molar-refractivity contribution is 9.10. The second-order valence-corrected chi connectivity index (χ2v) is 5.75. The van der Waals surface area contributed by atoms with Gasteiger partial charge in [0.1, 0.15) is 11.7 Å². The van der Waals surface area contributed by atoms with Crippen LogP contribution in [-0.4, -0.2) is 25.3 Å². The van der Waals surface area contributed by atoms with E-state index in [0.29, 0.717) is 16.6 Å². The Balaban J connectivity index is 2.48. The number of benzene rings is 1. The molecule has 0 amide bonds. The minimum atomic E-state index is -0.592. The molecule has 0 unspecified atom stereocenters. The molecule has 1 aliphatic rings. The molecule has 0 aliphatic carbocycles. The fourth-order valence-corrected chi connectivity index (χ4v) is 2.99. The normalized spacial score (nSPS) is 21.3. The van der Waals surface area contributed by atoms with E-state index >= 15 is 0 Å². The van der Waals surface area contributed by atoms with Gasteiger partial charge in [0, 0.05) is 10.2 Å². The summed E-state index contributed by atoms with van der Waals surface area (Å²) in [6.07, 6.45) is 0. The first kappa shape index (κ1) is 15.8. The van der Waals surface area contributed by atoms with E-state index in [0.717, 1.165) is 10.0 Å². The molecule has 112 valence electrons. The first-order valence-electron chi connectivity index (χ1n) is 6.15. The van der Waals surface area contributed by atoms with Gasteiger partial charge in [0.05, 0.1) is 20.3 Å². The van der Waals surface area contributed by atoms with Gasteiger partial charge in [0.2, 0.25) is 0 Å². The largest absolute Gasteiger partial charge is 0.497 e. The van der Waals surface area contributed by atoms with E-state index in [2.05, 4.69) is 33.1 Å². The molecule has 1 fully saturated rings. The van der Waals surface area contributed by atoms with Gasteiger partial charge in [0.15, 0.2) is 5.11 Å². The van der Waals surface area contributed by atoms with Crippen molar-refractivity contribution < 1.29 is 14.3 Å². The number of ether oxygens (including phenoxy) is 2. The van der Waals surface area contributed by atoms with E-state index in [4.69, 9.17) is 21.7 Å². The van der Waals surface area contributed by atoms with E-state index in [1.165, 1.54) is 7.11 Å². The van der Waals surface area contributed by atoms with Crippen LogP contribution in [-0.2, 0) is 9.53 Å². The lowest BCUT2D eigenvalue weighted by Crippen LogP contribution is -2.50. The second-order valence-electron chi connectivity index (χ2n) is 4.49.